The van der Waals surface area contributed by atoms with E-state index in [9.17, 15) is 4.79 Å². The molecule has 1 fully saturated rings. The van der Waals surface area contributed by atoms with Crippen LogP contribution in [0.5, 0.6) is 0 Å². The lowest BCUT2D eigenvalue weighted by atomic mass is 9.82. The molecule has 1 aromatic heterocycles. The maximum absolute atomic E-state index is 12.5. The standard InChI is InChI=1S/C17H23N5O.2ClH/c18-17(8-4-1-5-9-17)16(23)20-10-14-6-2-3-7-15(14)11-22-13-19-12-21-22;;/h2-3,6-7,12-13H,1,4-5,8-11,18H2,(H,20,23);2*1H. The first-order valence-electron chi connectivity index (χ1n) is 8.14. The fraction of sp³-hybridized carbons (Fsp3) is 0.471. The van der Waals surface area contributed by atoms with E-state index in [1.165, 1.54) is 12.7 Å². The summed E-state index contributed by atoms with van der Waals surface area (Å²) in [6.07, 6.45) is 8.00. The fourth-order valence-corrected chi connectivity index (χ4v) is 3.13. The van der Waals surface area contributed by atoms with Gasteiger partial charge in [0.1, 0.15) is 12.7 Å². The number of halogens is 2. The van der Waals surface area contributed by atoms with Gasteiger partial charge in [0.2, 0.25) is 5.91 Å². The third kappa shape index (κ3) is 5.42. The zero-order chi connectivity index (χ0) is 16.1. The van der Waals surface area contributed by atoms with E-state index < -0.39 is 5.54 Å². The second-order valence-electron chi connectivity index (χ2n) is 6.26. The van der Waals surface area contributed by atoms with Gasteiger partial charge in [0.25, 0.3) is 0 Å². The van der Waals surface area contributed by atoms with E-state index in [-0.39, 0.29) is 30.7 Å². The van der Waals surface area contributed by atoms with Gasteiger partial charge >= 0.3 is 0 Å². The largest absolute Gasteiger partial charge is 0.350 e. The van der Waals surface area contributed by atoms with Crippen molar-refractivity contribution in [2.24, 2.45) is 5.73 Å². The zero-order valence-corrected chi connectivity index (χ0v) is 15.7. The zero-order valence-electron chi connectivity index (χ0n) is 14.1. The number of rotatable bonds is 5. The van der Waals surface area contributed by atoms with Crippen LogP contribution in [0.2, 0.25) is 0 Å². The highest BCUT2D eigenvalue weighted by atomic mass is 35.5. The monoisotopic (exact) mass is 385 g/mol. The average molecular weight is 386 g/mol. The molecule has 8 heteroatoms. The van der Waals surface area contributed by atoms with Gasteiger partial charge in [-0.3, -0.25) is 4.79 Å². The van der Waals surface area contributed by atoms with E-state index >= 15 is 0 Å². The fourth-order valence-electron chi connectivity index (χ4n) is 3.13. The first-order chi connectivity index (χ1) is 11.2. The first kappa shape index (κ1) is 21.4. The van der Waals surface area contributed by atoms with Crippen molar-refractivity contribution in [2.75, 3.05) is 0 Å². The lowest BCUT2D eigenvalue weighted by Crippen LogP contribution is -2.54. The smallest absolute Gasteiger partial charge is 0.240 e. The van der Waals surface area contributed by atoms with E-state index in [4.69, 9.17) is 5.73 Å². The van der Waals surface area contributed by atoms with Crippen LogP contribution in [0.25, 0.3) is 0 Å². The highest BCUT2D eigenvalue weighted by molar-refractivity contribution is 5.86. The molecule has 0 saturated heterocycles. The molecular formula is C17H25Cl2N5O. The lowest BCUT2D eigenvalue weighted by molar-refractivity contribution is -0.127. The van der Waals surface area contributed by atoms with E-state index in [1.54, 1.807) is 11.0 Å². The van der Waals surface area contributed by atoms with Crippen LogP contribution in [0.1, 0.15) is 43.2 Å². The molecule has 3 N–H and O–H groups in total. The topological polar surface area (TPSA) is 85.8 Å². The Kier molecular flexibility index (Phi) is 8.35. The van der Waals surface area contributed by atoms with Gasteiger partial charge < -0.3 is 11.1 Å². The van der Waals surface area contributed by atoms with Crippen LogP contribution < -0.4 is 11.1 Å². The van der Waals surface area contributed by atoms with Crippen molar-refractivity contribution in [2.45, 2.75) is 50.7 Å². The molecular weight excluding hydrogens is 361 g/mol. The van der Waals surface area contributed by atoms with Gasteiger partial charge in [0, 0.05) is 6.54 Å². The number of nitrogens with zero attached hydrogens (tertiary/aromatic N) is 3. The molecule has 138 valence electrons. The summed E-state index contributed by atoms with van der Waals surface area (Å²) in [5, 5.41) is 7.15. The van der Waals surface area contributed by atoms with Crippen LogP contribution in [0.3, 0.4) is 0 Å². The van der Waals surface area contributed by atoms with Gasteiger partial charge in [-0.1, -0.05) is 43.5 Å². The summed E-state index contributed by atoms with van der Waals surface area (Å²) in [4.78, 5) is 16.4. The van der Waals surface area contributed by atoms with Crippen molar-refractivity contribution in [3.63, 3.8) is 0 Å². The normalized spacial score (nSPS) is 15.6. The maximum atomic E-state index is 12.5. The molecule has 1 amide bonds. The highest BCUT2D eigenvalue weighted by Gasteiger charge is 2.34. The van der Waals surface area contributed by atoms with E-state index in [0.29, 0.717) is 13.1 Å². The molecule has 1 aliphatic rings. The Morgan fingerprint density at radius 3 is 2.48 bits per heavy atom. The average Bonchev–Trinajstić information content (AvgIpc) is 3.07. The summed E-state index contributed by atoms with van der Waals surface area (Å²) in [6.45, 7) is 1.13. The van der Waals surface area contributed by atoms with Gasteiger partial charge in [0.15, 0.2) is 0 Å². The van der Waals surface area contributed by atoms with Crippen LogP contribution in [0, 0.1) is 0 Å². The van der Waals surface area contributed by atoms with Gasteiger partial charge in [-0.2, -0.15) is 5.10 Å². The van der Waals surface area contributed by atoms with E-state index in [0.717, 1.165) is 36.8 Å². The predicted molar refractivity (Wildman–Crippen MR) is 102 cm³/mol. The van der Waals surface area contributed by atoms with Crippen molar-refractivity contribution in [3.05, 3.63) is 48.0 Å². The van der Waals surface area contributed by atoms with Crippen molar-refractivity contribution in [1.82, 2.24) is 20.1 Å². The Labute approximate surface area is 160 Å². The Bertz CT molecular complexity index is 657. The van der Waals surface area contributed by atoms with Crippen molar-refractivity contribution < 1.29 is 4.79 Å². The molecule has 0 unspecified atom stereocenters. The summed E-state index contributed by atoms with van der Waals surface area (Å²) in [5.74, 6) is -0.0345. The third-order valence-electron chi connectivity index (χ3n) is 4.55. The van der Waals surface area contributed by atoms with Gasteiger partial charge in [0.05, 0.1) is 12.1 Å². The number of hydrogen-bond donors (Lipinski definition) is 2. The molecule has 2 aromatic rings. The number of aromatic nitrogens is 3. The molecule has 0 aliphatic heterocycles. The van der Waals surface area contributed by atoms with Crippen LogP contribution in [0.15, 0.2) is 36.9 Å². The molecule has 0 spiro atoms. The molecule has 3 rings (SSSR count). The molecule has 25 heavy (non-hydrogen) atoms. The molecule has 0 atom stereocenters. The maximum Gasteiger partial charge on any atom is 0.240 e. The molecule has 0 radical (unpaired) electrons. The van der Waals surface area contributed by atoms with E-state index in [1.807, 2.05) is 24.3 Å². The summed E-state index contributed by atoms with van der Waals surface area (Å²) >= 11 is 0. The predicted octanol–water partition coefficient (Wildman–Crippen LogP) is 2.45. The lowest BCUT2D eigenvalue weighted by Gasteiger charge is -2.31. The van der Waals surface area contributed by atoms with Crippen LogP contribution in [0.4, 0.5) is 0 Å². The number of carbonyl (C=O) groups is 1. The number of hydrogen-bond acceptors (Lipinski definition) is 4. The summed E-state index contributed by atoms with van der Waals surface area (Å²) < 4.78 is 1.77. The highest BCUT2D eigenvalue weighted by Crippen LogP contribution is 2.26. The number of benzene rings is 1. The van der Waals surface area contributed by atoms with Gasteiger partial charge in [-0.25, -0.2) is 9.67 Å². The minimum Gasteiger partial charge on any atom is -0.350 e. The third-order valence-corrected chi connectivity index (χ3v) is 4.55. The first-order valence-corrected chi connectivity index (χ1v) is 8.14. The van der Waals surface area contributed by atoms with Crippen molar-refractivity contribution in [3.8, 4) is 0 Å². The van der Waals surface area contributed by atoms with Gasteiger partial charge in [-0.15, -0.1) is 24.8 Å². The minimum atomic E-state index is -0.695. The second kappa shape index (κ2) is 9.75. The summed E-state index contributed by atoms with van der Waals surface area (Å²) in [7, 11) is 0. The van der Waals surface area contributed by atoms with Crippen molar-refractivity contribution in [1.29, 1.82) is 0 Å². The molecule has 6 nitrogen and oxygen atoms in total. The second-order valence-corrected chi connectivity index (χ2v) is 6.26. The Morgan fingerprint density at radius 2 is 1.84 bits per heavy atom. The SMILES string of the molecule is Cl.Cl.NC1(C(=O)NCc2ccccc2Cn2cncn2)CCCCC1. The molecule has 0 bridgehead atoms. The number of nitrogens with two attached hydrogens (primary N) is 1. The van der Waals surface area contributed by atoms with E-state index in [2.05, 4.69) is 15.4 Å². The van der Waals surface area contributed by atoms with Crippen LogP contribution >= 0.6 is 24.8 Å². The molecule has 1 heterocycles. The Balaban J connectivity index is 0.00000156. The molecule has 1 aromatic carbocycles. The Morgan fingerprint density at radius 1 is 1.16 bits per heavy atom. The number of nitrogens with one attached hydrogen (secondary N) is 1. The van der Waals surface area contributed by atoms with Crippen molar-refractivity contribution >= 4 is 30.7 Å². The molecule has 1 saturated carbocycles. The summed E-state index contributed by atoms with van der Waals surface area (Å²) in [5.41, 5.74) is 7.78. The van der Waals surface area contributed by atoms with Crippen LogP contribution in [-0.4, -0.2) is 26.2 Å². The number of carbonyl (C=O) groups excluding carboxylic acids is 1. The van der Waals surface area contributed by atoms with Crippen LogP contribution in [-0.2, 0) is 17.9 Å². The summed E-state index contributed by atoms with van der Waals surface area (Å²) in [6, 6.07) is 8.03. The minimum absolute atomic E-state index is 0. The quantitative estimate of drug-likeness (QED) is 0.827. The van der Waals surface area contributed by atoms with Gasteiger partial charge in [-0.05, 0) is 24.0 Å². The molecule has 1 aliphatic carbocycles. The number of amides is 1. The Hall–Kier alpha value is -1.63.